The van der Waals surface area contributed by atoms with E-state index in [0.717, 1.165) is 24.2 Å². The van der Waals surface area contributed by atoms with Crippen molar-refractivity contribution in [2.45, 2.75) is 36.6 Å². The molecule has 2 fully saturated rings. The SMILES string of the molecule is COc1ccc(C2(C)NC(=O)N(CC(=O)Nc3ccc(S(=O)(=O)N4CCCCC4)cc3)C2=O)cc1. The number of benzene rings is 2. The van der Waals surface area contributed by atoms with Gasteiger partial charge in [0, 0.05) is 18.8 Å². The third-order valence-corrected chi connectivity index (χ3v) is 8.25. The van der Waals surface area contributed by atoms with Crippen LogP contribution in [0.1, 0.15) is 31.7 Å². The molecule has 4 amide bonds. The number of methoxy groups -OCH3 is 1. The lowest BCUT2D eigenvalue weighted by Gasteiger charge is -2.25. The van der Waals surface area contributed by atoms with E-state index in [2.05, 4.69) is 10.6 Å². The van der Waals surface area contributed by atoms with Gasteiger partial charge in [0.15, 0.2) is 0 Å². The van der Waals surface area contributed by atoms with Gasteiger partial charge in [-0.15, -0.1) is 0 Å². The van der Waals surface area contributed by atoms with E-state index in [9.17, 15) is 22.8 Å². The number of carbonyl (C=O) groups is 3. The van der Waals surface area contributed by atoms with Crippen molar-refractivity contribution >= 4 is 33.6 Å². The Bertz CT molecular complexity index is 1220. The molecule has 0 radical (unpaired) electrons. The number of imide groups is 1. The van der Waals surface area contributed by atoms with Crippen LogP contribution in [0.4, 0.5) is 10.5 Å². The van der Waals surface area contributed by atoms with Crippen molar-refractivity contribution in [3.05, 3.63) is 54.1 Å². The second-order valence-electron chi connectivity index (χ2n) is 8.71. The van der Waals surface area contributed by atoms with Crippen LogP contribution in [0.5, 0.6) is 5.75 Å². The summed E-state index contributed by atoms with van der Waals surface area (Å²) in [6.07, 6.45) is 2.70. The lowest BCUT2D eigenvalue weighted by molar-refractivity contribution is -0.133. The molecule has 2 aromatic carbocycles. The summed E-state index contributed by atoms with van der Waals surface area (Å²) in [5.74, 6) is -0.523. The van der Waals surface area contributed by atoms with Crippen molar-refractivity contribution in [2.24, 2.45) is 0 Å². The van der Waals surface area contributed by atoms with Gasteiger partial charge >= 0.3 is 6.03 Å². The number of hydrogen-bond acceptors (Lipinski definition) is 6. The quantitative estimate of drug-likeness (QED) is 0.562. The Morgan fingerprint density at radius 1 is 1.03 bits per heavy atom. The monoisotopic (exact) mass is 500 g/mol. The molecule has 2 aliphatic heterocycles. The molecule has 1 unspecified atom stereocenters. The van der Waals surface area contributed by atoms with Gasteiger partial charge in [-0.3, -0.25) is 14.5 Å². The fourth-order valence-electron chi connectivity index (χ4n) is 4.27. The van der Waals surface area contributed by atoms with E-state index in [-0.39, 0.29) is 4.90 Å². The highest BCUT2D eigenvalue weighted by Gasteiger charge is 2.49. The number of rotatable bonds is 7. The van der Waals surface area contributed by atoms with Crippen LogP contribution in [0, 0.1) is 0 Å². The molecule has 2 N–H and O–H groups in total. The Labute approximate surface area is 204 Å². The molecular weight excluding hydrogens is 472 g/mol. The largest absolute Gasteiger partial charge is 0.497 e. The molecular formula is C24H28N4O6S. The predicted molar refractivity (Wildman–Crippen MR) is 128 cm³/mol. The number of urea groups is 1. The minimum absolute atomic E-state index is 0.154. The third kappa shape index (κ3) is 4.87. The molecule has 2 aliphatic rings. The molecule has 0 bridgehead atoms. The second kappa shape index (κ2) is 9.67. The van der Waals surface area contributed by atoms with E-state index in [1.165, 1.54) is 35.7 Å². The minimum atomic E-state index is -3.58. The average Bonchev–Trinajstić information content (AvgIpc) is 3.08. The van der Waals surface area contributed by atoms with Crippen LogP contribution in [-0.2, 0) is 25.2 Å². The van der Waals surface area contributed by atoms with Crippen molar-refractivity contribution in [3.8, 4) is 5.75 Å². The summed E-state index contributed by atoms with van der Waals surface area (Å²) in [5.41, 5.74) is -0.392. The summed E-state index contributed by atoms with van der Waals surface area (Å²) in [6.45, 7) is 2.10. The Morgan fingerprint density at radius 2 is 1.66 bits per heavy atom. The van der Waals surface area contributed by atoms with Gasteiger partial charge in [0.1, 0.15) is 17.8 Å². The average molecular weight is 501 g/mol. The number of piperidine rings is 1. The van der Waals surface area contributed by atoms with Crippen LogP contribution in [0.25, 0.3) is 0 Å². The van der Waals surface area contributed by atoms with Crippen LogP contribution < -0.4 is 15.4 Å². The Morgan fingerprint density at radius 3 is 2.26 bits per heavy atom. The zero-order chi connectivity index (χ0) is 25.2. The first kappa shape index (κ1) is 24.7. The summed E-state index contributed by atoms with van der Waals surface area (Å²) >= 11 is 0. The first-order chi connectivity index (χ1) is 16.6. The molecule has 4 rings (SSSR count). The van der Waals surface area contributed by atoms with Gasteiger partial charge in [-0.25, -0.2) is 13.2 Å². The van der Waals surface area contributed by atoms with Gasteiger partial charge in [0.05, 0.1) is 12.0 Å². The molecule has 35 heavy (non-hydrogen) atoms. The molecule has 2 heterocycles. The zero-order valence-corrected chi connectivity index (χ0v) is 20.4. The predicted octanol–water partition coefficient (Wildman–Crippen LogP) is 2.28. The number of sulfonamides is 1. The van der Waals surface area contributed by atoms with Crippen molar-refractivity contribution in [3.63, 3.8) is 0 Å². The second-order valence-corrected chi connectivity index (χ2v) is 10.7. The molecule has 0 aromatic heterocycles. The van der Waals surface area contributed by atoms with E-state index < -0.39 is 40.0 Å². The van der Waals surface area contributed by atoms with Gasteiger partial charge < -0.3 is 15.4 Å². The maximum Gasteiger partial charge on any atom is 0.325 e. The normalized spacial score (nSPS) is 21.0. The van der Waals surface area contributed by atoms with Crippen LogP contribution in [0.15, 0.2) is 53.4 Å². The topological polar surface area (TPSA) is 125 Å². The molecule has 2 aromatic rings. The smallest absolute Gasteiger partial charge is 0.325 e. The fourth-order valence-corrected chi connectivity index (χ4v) is 5.79. The lowest BCUT2D eigenvalue weighted by Crippen LogP contribution is -2.42. The molecule has 11 heteroatoms. The van der Waals surface area contributed by atoms with E-state index in [1.807, 2.05) is 0 Å². The summed E-state index contributed by atoms with van der Waals surface area (Å²) in [7, 11) is -2.05. The fraction of sp³-hybridized carbons (Fsp3) is 0.375. The van der Waals surface area contributed by atoms with Gasteiger partial charge in [0.2, 0.25) is 15.9 Å². The maximum absolute atomic E-state index is 13.0. The number of nitrogens with one attached hydrogen (secondary N) is 2. The number of hydrogen-bond donors (Lipinski definition) is 2. The molecule has 1 atom stereocenters. The molecule has 2 saturated heterocycles. The van der Waals surface area contributed by atoms with Gasteiger partial charge in [-0.05, 0) is 61.7 Å². The first-order valence-electron chi connectivity index (χ1n) is 11.3. The summed E-state index contributed by atoms with van der Waals surface area (Å²) in [6, 6.07) is 11.9. The summed E-state index contributed by atoms with van der Waals surface area (Å²) in [5, 5.41) is 5.27. The molecule has 0 saturated carbocycles. The number of ether oxygens (including phenoxy) is 1. The van der Waals surface area contributed by atoms with Crippen LogP contribution >= 0.6 is 0 Å². The van der Waals surface area contributed by atoms with Crippen molar-refractivity contribution < 1.29 is 27.5 Å². The van der Waals surface area contributed by atoms with Crippen LogP contribution in [-0.4, -0.2) is 62.2 Å². The maximum atomic E-state index is 13.0. The highest BCUT2D eigenvalue weighted by atomic mass is 32.2. The Hall–Kier alpha value is -3.44. The van der Waals surface area contributed by atoms with Crippen LogP contribution in [0.2, 0.25) is 0 Å². The number of nitrogens with zero attached hydrogens (tertiary/aromatic N) is 2. The van der Waals surface area contributed by atoms with Gasteiger partial charge in [0.25, 0.3) is 5.91 Å². The number of carbonyl (C=O) groups excluding carboxylic acids is 3. The van der Waals surface area contributed by atoms with Gasteiger partial charge in [-0.1, -0.05) is 18.6 Å². The molecule has 10 nitrogen and oxygen atoms in total. The summed E-state index contributed by atoms with van der Waals surface area (Å²) in [4.78, 5) is 39.2. The number of anilines is 1. The molecule has 0 aliphatic carbocycles. The Balaban J connectivity index is 1.41. The van der Waals surface area contributed by atoms with Crippen molar-refractivity contribution in [1.29, 1.82) is 0 Å². The third-order valence-electron chi connectivity index (χ3n) is 6.33. The first-order valence-corrected chi connectivity index (χ1v) is 12.8. The van der Waals surface area contributed by atoms with Crippen molar-refractivity contribution in [2.75, 3.05) is 32.1 Å². The van der Waals surface area contributed by atoms with E-state index in [0.29, 0.717) is 30.1 Å². The van der Waals surface area contributed by atoms with E-state index >= 15 is 0 Å². The Kier molecular flexibility index (Phi) is 6.82. The minimum Gasteiger partial charge on any atom is -0.497 e. The van der Waals surface area contributed by atoms with Crippen molar-refractivity contribution in [1.82, 2.24) is 14.5 Å². The number of amides is 4. The highest BCUT2D eigenvalue weighted by Crippen LogP contribution is 2.30. The summed E-state index contributed by atoms with van der Waals surface area (Å²) < 4.78 is 32.2. The molecule has 186 valence electrons. The van der Waals surface area contributed by atoms with Crippen LogP contribution in [0.3, 0.4) is 0 Å². The van der Waals surface area contributed by atoms with E-state index in [1.54, 1.807) is 31.2 Å². The standard InChI is InChI=1S/C24H28N4O6S/c1-24(17-6-10-19(34-2)11-7-17)22(30)28(23(31)26-24)16-21(29)25-18-8-12-20(13-9-18)35(32,33)27-14-4-3-5-15-27/h6-13H,3-5,14-16H2,1-2H3,(H,25,29)(H,26,31). The zero-order valence-electron chi connectivity index (χ0n) is 19.6. The molecule has 0 spiro atoms. The van der Waals surface area contributed by atoms with Gasteiger partial charge in [-0.2, -0.15) is 4.31 Å². The highest BCUT2D eigenvalue weighted by molar-refractivity contribution is 7.89. The van der Waals surface area contributed by atoms with E-state index in [4.69, 9.17) is 4.74 Å². The lowest BCUT2D eigenvalue weighted by atomic mass is 9.92.